The van der Waals surface area contributed by atoms with Crippen molar-refractivity contribution in [3.63, 3.8) is 0 Å². The maximum absolute atomic E-state index is 9.00. The molecule has 1 heterocycles. The molecule has 1 aliphatic rings. The molecule has 3 nitrogen and oxygen atoms in total. The maximum atomic E-state index is 9.00. The molecule has 0 bridgehead atoms. The molecule has 1 saturated heterocycles. The van der Waals surface area contributed by atoms with Crippen molar-refractivity contribution in [1.29, 1.82) is 0 Å². The van der Waals surface area contributed by atoms with Crippen LogP contribution in [0.2, 0.25) is 0 Å². The minimum Gasteiger partial charge on any atom is -0.481 e. The monoisotopic (exact) mass is 285 g/mol. The Hall–Kier alpha value is -0.570. The van der Waals surface area contributed by atoms with Gasteiger partial charge in [0.2, 0.25) is 0 Å². The highest BCUT2D eigenvalue weighted by Crippen LogP contribution is 2.12. The third-order valence-electron chi connectivity index (χ3n) is 3.78. The Morgan fingerprint density at radius 1 is 0.900 bits per heavy atom. The van der Waals surface area contributed by atoms with Crippen molar-refractivity contribution in [1.82, 2.24) is 4.90 Å². The first kappa shape index (κ1) is 19.4. The van der Waals surface area contributed by atoms with Crippen molar-refractivity contribution in [2.45, 2.75) is 84.5 Å². The van der Waals surface area contributed by atoms with Crippen LogP contribution in [0.1, 0.15) is 84.5 Å². The average Bonchev–Trinajstić information content (AvgIpc) is 2.89. The number of hydrogen-bond donors (Lipinski definition) is 1. The molecule has 0 unspecified atom stereocenters. The predicted octanol–water partition coefficient (Wildman–Crippen LogP) is 4.70. The van der Waals surface area contributed by atoms with Gasteiger partial charge in [-0.1, -0.05) is 58.3 Å². The summed E-state index contributed by atoms with van der Waals surface area (Å²) in [6, 6.07) is 0. The van der Waals surface area contributed by atoms with Crippen LogP contribution in [0.5, 0.6) is 0 Å². The lowest BCUT2D eigenvalue weighted by Gasteiger charge is -2.13. The number of nitrogens with zero attached hydrogens (tertiary/aromatic N) is 1. The summed E-state index contributed by atoms with van der Waals surface area (Å²) in [7, 11) is 0. The summed E-state index contributed by atoms with van der Waals surface area (Å²) in [4.78, 5) is 11.6. The van der Waals surface area contributed by atoms with Crippen molar-refractivity contribution in [2.24, 2.45) is 0 Å². The second-order valence-corrected chi connectivity index (χ2v) is 5.90. The zero-order valence-electron chi connectivity index (χ0n) is 13.7. The first-order chi connectivity index (χ1) is 9.66. The van der Waals surface area contributed by atoms with E-state index in [1.165, 1.54) is 90.3 Å². The molecule has 0 radical (unpaired) electrons. The van der Waals surface area contributed by atoms with E-state index in [1.807, 2.05) is 0 Å². The fourth-order valence-corrected chi connectivity index (χ4v) is 2.65. The van der Waals surface area contributed by atoms with E-state index in [0.29, 0.717) is 0 Å². The van der Waals surface area contributed by atoms with E-state index in [1.54, 1.807) is 0 Å². The summed E-state index contributed by atoms with van der Waals surface area (Å²) >= 11 is 0. The molecule has 0 amide bonds. The van der Waals surface area contributed by atoms with Gasteiger partial charge in [-0.05, 0) is 38.9 Å². The number of hydrogen-bond acceptors (Lipinski definition) is 2. The fraction of sp³-hybridized carbons (Fsp3) is 0.941. The number of unbranched alkanes of at least 4 members (excludes halogenated alkanes) is 8. The minimum atomic E-state index is -0.833. The van der Waals surface area contributed by atoms with Gasteiger partial charge in [0.1, 0.15) is 0 Å². The number of aliphatic carboxylic acids is 1. The zero-order chi connectivity index (χ0) is 15.1. The lowest BCUT2D eigenvalue weighted by atomic mass is 10.1. The van der Waals surface area contributed by atoms with Crippen LogP contribution in [0, 0.1) is 0 Å². The molecule has 20 heavy (non-hydrogen) atoms. The molecule has 0 saturated carbocycles. The molecule has 120 valence electrons. The molecule has 3 heteroatoms. The zero-order valence-corrected chi connectivity index (χ0v) is 13.7. The third kappa shape index (κ3) is 15.5. The highest BCUT2D eigenvalue weighted by Gasteiger charge is 2.09. The van der Waals surface area contributed by atoms with Gasteiger partial charge in [-0.25, -0.2) is 0 Å². The Morgan fingerprint density at radius 2 is 1.30 bits per heavy atom. The topological polar surface area (TPSA) is 40.5 Å². The second kappa shape index (κ2) is 14.8. The van der Waals surface area contributed by atoms with Crippen LogP contribution in [-0.2, 0) is 4.79 Å². The van der Waals surface area contributed by atoms with Crippen LogP contribution in [0.15, 0.2) is 0 Å². The summed E-state index contributed by atoms with van der Waals surface area (Å²) in [6.45, 7) is 7.49. The Labute approximate surface area is 125 Å². The number of likely N-dealkylation sites (tertiary alicyclic amines) is 1. The third-order valence-corrected chi connectivity index (χ3v) is 3.78. The van der Waals surface area contributed by atoms with Crippen molar-refractivity contribution < 1.29 is 9.90 Å². The molecule has 1 aliphatic heterocycles. The molecule has 1 rings (SSSR count). The molecule has 0 aromatic carbocycles. The summed E-state index contributed by atoms with van der Waals surface area (Å²) < 4.78 is 0. The normalized spacial score (nSPS) is 14.9. The number of carboxylic acids is 1. The van der Waals surface area contributed by atoms with Crippen molar-refractivity contribution in [3.05, 3.63) is 0 Å². The Balaban J connectivity index is 0.000000796. The molecule has 0 aromatic heterocycles. The van der Waals surface area contributed by atoms with Gasteiger partial charge >= 0.3 is 0 Å². The number of rotatable bonds is 10. The van der Waals surface area contributed by atoms with Gasteiger partial charge in [0.25, 0.3) is 5.97 Å². The van der Waals surface area contributed by atoms with Crippen molar-refractivity contribution >= 4 is 5.97 Å². The van der Waals surface area contributed by atoms with Crippen LogP contribution < -0.4 is 0 Å². The van der Waals surface area contributed by atoms with Gasteiger partial charge in [0, 0.05) is 6.92 Å². The molecular weight excluding hydrogens is 250 g/mol. The van der Waals surface area contributed by atoms with Gasteiger partial charge in [-0.15, -0.1) is 0 Å². The maximum Gasteiger partial charge on any atom is 0.300 e. The summed E-state index contributed by atoms with van der Waals surface area (Å²) in [5, 5.41) is 7.42. The highest BCUT2D eigenvalue weighted by molar-refractivity contribution is 5.62. The Kier molecular flexibility index (Phi) is 14.4. The van der Waals surface area contributed by atoms with E-state index in [4.69, 9.17) is 9.90 Å². The van der Waals surface area contributed by atoms with Gasteiger partial charge in [0.05, 0.1) is 0 Å². The average molecular weight is 285 g/mol. The van der Waals surface area contributed by atoms with Gasteiger partial charge in [-0.2, -0.15) is 0 Å². The van der Waals surface area contributed by atoms with E-state index in [0.717, 1.165) is 6.92 Å². The van der Waals surface area contributed by atoms with Gasteiger partial charge in [-0.3, -0.25) is 4.79 Å². The smallest absolute Gasteiger partial charge is 0.300 e. The van der Waals surface area contributed by atoms with E-state index in [2.05, 4.69) is 11.8 Å². The summed E-state index contributed by atoms with van der Waals surface area (Å²) in [5.41, 5.74) is 0. The van der Waals surface area contributed by atoms with Crippen LogP contribution in [-0.4, -0.2) is 35.6 Å². The fourth-order valence-electron chi connectivity index (χ4n) is 2.65. The molecule has 1 N–H and O–H groups in total. The lowest BCUT2D eigenvalue weighted by Crippen LogP contribution is -2.20. The van der Waals surface area contributed by atoms with E-state index < -0.39 is 5.97 Å². The SMILES string of the molecule is CC(=O)O.CCCCCCCCCCCN1CCCC1. The molecule has 0 atom stereocenters. The van der Waals surface area contributed by atoms with Crippen molar-refractivity contribution in [3.8, 4) is 0 Å². The molecule has 0 aliphatic carbocycles. The van der Waals surface area contributed by atoms with Crippen LogP contribution >= 0.6 is 0 Å². The standard InChI is InChI=1S/C15H31N.C2H4O2/c1-2-3-4-5-6-7-8-9-10-13-16-14-11-12-15-16;1-2(3)4/h2-15H2,1H3;1H3,(H,3,4). The van der Waals surface area contributed by atoms with Crippen LogP contribution in [0.4, 0.5) is 0 Å². The van der Waals surface area contributed by atoms with E-state index in [9.17, 15) is 0 Å². The van der Waals surface area contributed by atoms with E-state index in [-0.39, 0.29) is 0 Å². The predicted molar refractivity (Wildman–Crippen MR) is 86.2 cm³/mol. The minimum absolute atomic E-state index is 0.833. The van der Waals surface area contributed by atoms with Crippen molar-refractivity contribution in [2.75, 3.05) is 19.6 Å². The van der Waals surface area contributed by atoms with E-state index >= 15 is 0 Å². The number of carbonyl (C=O) groups is 1. The second-order valence-electron chi connectivity index (χ2n) is 5.90. The largest absolute Gasteiger partial charge is 0.481 e. The molecule has 0 aromatic rings. The molecule has 1 fully saturated rings. The molecular formula is C17H35NO2. The Bertz CT molecular complexity index is 209. The highest BCUT2D eigenvalue weighted by atomic mass is 16.4. The first-order valence-electron chi connectivity index (χ1n) is 8.58. The van der Waals surface area contributed by atoms with Gasteiger partial charge in [0.15, 0.2) is 0 Å². The lowest BCUT2D eigenvalue weighted by molar-refractivity contribution is -0.134. The van der Waals surface area contributed by atoms with Crippen LogP contribution in [0.3, 0.4) is 0 Å². The van der Waals surface area contributed by atoms with Crippen LogP contribution in [0.25, 0.3) is 0 Å². The van der Waals surface area contributed by atoms with Gasteiger partial charge < -0.3 is 10.0 Å². The summed E-state index contributed by atoms with van der Waals surface area (Å²) in [6.07, 6.45) is 16.0. The Morgan fingerprint density at radius 3 is 1.75 bits per heavy atom. The first-order valence-corrected chi connectivity index (χ1v) is 8.58. The quantitative estimate of drug-likeness (QED) is 0.591. The number of carboxylic acid groups (broad SMARTS) is 1. The summed E-state index contributed by atoms with van der Waals surface area (Å²) in [5.74, 6) is -0.833. The molecule has 0 spiro atoms.